The smallest absolute Gasteiger partial charge is 0.324 e. The van der Waals surface area contributed by atoms with Gasteiger partial charge in [-0.05, 0) is 54.6 Å². The number of carbonyl (C=O) groups excluding carboxylic acids is 2. The van der Waals surface area contributed by atoms with Crippen LogP contribution in [0.25, 0.3) is 0 Å². The molecule has 1 amide bonds. The Labute approximate surface area is 195 Å². The topological polar surface area (TPSA) is 72.6 Å². The Morgan fingerprint density at radius 1 is 1.07 bits per heavy atom. The van der Waals surface area contributed by atoms with Crippen molar-refractivity contribution in [3.8, 4) is 0 Å². The minimum Gasteiger partial charge on any atom is -0.451 e. The fourth-order valence-corrected chi connectivity index (χ4v) is 5.28. The summed E-state index contributed by atoms with van der Waals surface area (Å²) in [6, 6.07) is 18.7. The molecular formula is C22H18Br2N2O3S. The number of hydrogen-bond donors (Lipinski definition) is 1. The molecule has 2 N–H and O–H groups in total. The van der Waals surface area contributed by atoms with Crippen molar-refractivity contribution >= 4 is 55.5 Å². The molecule has 2 aliphatic heterocycles. The Balaban J connectivity index is 1.64. The standard InChI is InChI=1S/C22H18Br2N2O3S/c23-16(24)11-15-12-26-20(27)17(25)21(26)30-19(15)22(28)29-18(13-7-3-1-4-8-13)14-9-5-2-6-10-14/h1-12,17-19,21H,25H2/t17?,19?,21-/m1/s1. The minimum atomic E-state index is -0.612. The first-order chi connectivity index (χ1) is 14.5. The lowest BCUT2D eigenvalue weighted by Crippen LogP contribution is -2.67. The lowest BCUT2D eigenvalue weighted by molar-refractivity contribution is -0.147. The van der Waals surface area contributed by atoms with Gasteiger partial charge in [-0.3, -0.25) is 9.59 Å². The van der Waals surface area contributed by atoms with E-state index >= 15 is 0 Å². The molecule has 0 spiro atoms. The van der Waals surface area contributed by atoms with Crippen LogP contribution in [0.5, 0.6) is 0 Å². The van der Waals surface area contributed by atoms with Crippen LogP contribution in [0.4, 0.5) is 0 Å². The number of carbonyl (C=O) groups is 2. The van der Waals surface area contributed by atoms with Gasteiger partial charge in [-0.15, -0.1) is 11.8 Å². The Morgan fingerprint density at radius 3 is 2.17 bits per heavy atom. The van der Waals surface area contributed by atoms with Gasteiger partial charge in [0.05, 0.1) is 3.39 Å². The molecule has 8 heteroatoms. The molecule has 2 aromatic carbocycles. The minimum absolute atomic E-state index is 0.151. The van der Waals surface area contributed by atoms with Crippen LogP contribution in [-0.4, -0.2) is 33.4 Å². The molecule has 3 atom stereocenters. The van der Waals surface area contributed by atoms with Gasteiger partial charge in [-0.1, -0.05) is 60.7 Å². The van der Waals surface area contributed by atoms with E-state index in [2.05, 4.69) is 31.9 Å². The molecule has 0 aromatic heterocycles. The highest BCUT2D eigenvalue weighted by Gasteiger charge is 2.50. The van der Waals surface area contributed by atoms with Gasteiger partial charge in [-0.2, -0.15) is 0 Å². The van der Waals surface area contributed by atoms with Gasteiger partial charge >= 0.3 is 5.97 Å². The second-order valence-electron chi connectivity index (χ2n) is 6.88. The molecular weight excluding hydrogens is 532 g/mol. The van der Waals surface area contributed by atoms with E-state index in [1.54, 1.807) is 17.2 Å². The normalized spacial score (nSPS) is 22.7. The van der Waals surface area contributed by atoms with E-state index in [1.165, 1.54) is 11.8 Å². The average Bonchev–Trinajstić information content (AvgIpc) is 2.77. The van der Waals surface area contributed by atoms with E-state index in [0.29, 0.717) is 8.96 Å². The molecule has 0 radical (unpaired) electrons. The molecule has 2 aromatic rings. The van der Waals surface area contributed by atoms with Gasteiger partial charge in [0.25, 0.3) is 0 Å². The van der Waals surface area contributed by atoms with Crippen molar-refractivity contribution in [2.75, 3.05) is 0 Å². The van der Waals surface area contributed by atoms with E-state index in [1.807, 2.05) is 60.7 Å². The van der Waals surface area contributed by atoms with Crippen molar-refractivity contribution < 1.29 is 14.3 Å². The third-order valence-electron chi connectivity index (χ3n) is 4.92. The van der Waals surface area contributed by atoms with E-state index in [4.69, 9.17) is 10.5 Å². The molecule has 30 heavy (non-hydrogen) atoms. The zero-order valence-electron chi connectivity index (χ0n) is 15.7. The number of esters is 1. The third kappa shape index (κ3) is 4.27. The molecule has 0 saturated carbocycles. The van der Waals surface area contributed by atoms with Crippen molar-refractivity contribution in [3.05, 3.63) is 93.0 Å². The number of halogens is 2. The van der Waals surface area contributed by atoms with Gasteiger partial charge in [0.15, 0.2) is 6.10 Å². The number of benzene rings is 2. The summed E-state index contributed by atoms with van der Waals surface area (Å²) in [6.07, 6.45) is 2.90. The number of hydrogen-bond acceptors (Lipinski definition) is 5. The summed E-state index contributed by atoms with van der Waals surface area (Å²) >= 11 is 8.01. The van der Waals surface area contributed by atoms with Crippen LogP contribution in [0.1, 0.15) is 17.2 Å². The second-order valence-corrected chi connectivity index (χ2v) is 10.9. The van der Waals surface area contributed by atoms with E-state index in [9.17, 15) is 9.59 Å². The lowest BCUT2D eigenvalue weighted by Gasteiger charge is -2.47. The van der Waals surface area contributed by atoms with Crippen molar-refractivity contribution in [1.29, 1.82) is 0 Å². The van der Waals surface area contributed by atoms with E-state index in [-0.39, 0.29) is 17.3 Å². The first-order valence-corrected chi connectivity index (χ1v) is 11.8. The molecule has 1 saturated heterocycles. The number of ether oxygens (including phenoxy) is 1. The monoisotopic (exact) mass is 548 g/mol. The molecule has 154 valence electrons. The maximum atomic E-state index is 13.3. The number of amides is 1. The summed E-state index contributed by atoms with van der Waals surface area (Å²) in [6.45, 7) is 0. The predicted octanol–water partition coefficient (Wildman–Crippen LogP) is 4.45. The summed E-state index contributed by atoms with van der Waals surface area (Å²) in [5.41, 5.74) is 8.37. The van der Waals surface area contributed by atoms with Crippen LogP contribution >= 0.6 is 43.6 Å². The summed E-state index contributed by atoms with van der Waals surface area (Å²) in [4.78, 5) is 26.9. The summed E-state index contributed by atoms with van der Waals surface area (Å²) in [5.74, 6) is -0.532. The molecule has 2 aliphatic rings. The fraction of sp³-hybridized carbons (Fsp3) is 0.182. The SMILES string of the molecule is NC1C(=O)N2C=C(C=C(Br)Br)C(C(=O)OC(c3ccccc3)c3ccccc3)S[C@H]12. The van der Waals surface area contributed by atoms with Crippen molar-refractivity contribution in [2.45, 2.75) is 22.8 Å². The lowest BCUT2D eigenvalue weighted by atomic mass is 10.0. The number of fused-ring (bicyclic) bond motifs is 1. The van der Waals surface area contributed by atoms with Crippen molar-refractivity contribution in [2.24, 2.45) is 5.73 Å². The van der Waals surface area contributed by atoms with Gasteiger partial charge in [0.2, 0.25) is 5.91 Å². The number of β-lactam (4-membered cyclic amide) rings is 1. The zero-order valence-corrected chi connectivity index (χ0v) is 19.6. The highest BCUT2D eigenvalue weighted by Crippen LogP contribution is 2.42. The Morgan fingerprint density at radius 2 is 1.63 bits per heavy atom. The van der Waals surface area contributed by atoms with Gasteiger partial charge in [0.1, 0.15) is 16.7 Å². The zero-order chi connectivity index (χ0) is 21.3. The molecule has 4 rings (SSSR count). The number of nitrogens with two attached hydrogens (primary N) is 1. The van der Waals surface area contributed by atoms with E-state index in [0.717, 1.165) is 11.1 Å². The fourth-order valence-electron chi connectivity index (χ4n) is 3.44. The highest BCUT2D eigenvalue weighted by molar-refractivity contribution is 9.28. The van der Waals surface area contributed by atoms with Crippen LogP contribution in [0.15, 0.2) is 81.9 Å². The van der Waals surface area contributed by atoms with Crippen LogP contribution < -0.4 is 5.73 Å². The molecule has 0 aliphatic carbocycles. The Bertz CT molecular complexity index is 970. The van der Waals surface area contributed by atoms with Crippen LogP contribution in [-0.2, 0) is 14.3 Å². The molecule has 1 fully saturated rings. The average molecular weight is 550 g/mol. The third-order valence-corrected chi connectivity index (χ3v) is 6.91. The molecule has 2 unspecified atom stereocenters. The number of thioether (sulfide) groups is 1. The van der Waals surface area contributed by atoms with Crippen molar-refractivity contribution in [3.63, 3.8) is 0 Å². The maximum Gasteiger partial charge on any atom is 0.324 e. The first-order valence-electron chi connectivity index (χ1n) is 9.23. The van der Waals surface area contributed by atoms with Gasteiger partial charge < -0.3 is 15.4 Å². The quantitative estimate of drug-likeness (QED) is 0.441. The largest absolute Gasteiger partial charge is 0.451 e. The number of nitrogens with zero attached hydrogens (tertiary/aromatic N) is 1. The first kappa shape index (κ1) is 21.4. The Kier molecular flexibility index (Phi) is 6.48. The van der Waals surface area contributed by atoms with E-state index < -0.39 is 17.4 Å². The summed E-state index contributed by atoms with van der Waals surface area (Å²) in [5, 5.41) is -0.876. The molecule has 2 heterocycles. The van der Waals surface area contributed by atoms with Crippen molar-refractivity contribution in [1.82, 2.24) is 4.90 Å². The molecule has 5 nitrogen and oxygen atoms in total. The van der Waals surface area contributed by atoms with Crippen LogP contribution in [0.2, 0.25) is 0 Å². The predicted molar refractivity (Wildman–Crippen MR) is 125 cm³/mol. The maximum absolute atomic E-state index is 13.3. The van der Waals surface area contributed by atoms with Gasteiger partial charge in [0, 0.05) is 6.20 Å². The summed E-state index contributed by atoms with van der Waals surface area (Å²) < 4.78 is 6.70. The highest BCUT2D eigenvalue weighted by atomic mass is 79.9. The van der Waals surface area contributed by atoms with Crippen LogP contribution in [0.3, 0.4) is 0 Å². The second kappa shape index (κ2) is 9.09. The number of allylic oxidation sites excluding steroid dienone is 1. The number of rotatable bonds is 5. The van der Waals surface area contributed by atoms with Gasteiger partial charge in [-0.25, -0.2) is 0 Å². The molecule has 0 bridgehead atoms. The van der Waals surface area contributed by atoms with Crippen LogP contribution in [0, 0.1) is 0 Å². The Hall–Kier alpha value is -1.87. The summed E-state index contributed by atoms with van der Waals surface area (Å²) in [7, 11) is 0.